The maximum atomic E-state index is 11.5. The van der Waals surface area contributed by atoms with Gasteiger partial charge in [-0.1, -0.05) is 6.07 Å². The van der Waals surface area contributed by atoms with E-state index in [0.29, 0.717) is 18.5 Å². The minimum absolute atomic E-state index is 0.0744. The van der Waals surface area contributed by atoms with E-state index >= 15 is 0 Å². The highest BCUT2D eigenvalue weighted by Gasteiger charge is 2.07. The van der Waals surface area contributed by atoms with Crippen LogP contribution in [-0.4, -0.2) is 16.3 Å². The number of benzene rings is 1. The lowest BCUT2D eigenvalue weighted by Gasteiger charge is -1.99. The molecule has 0 spiro atoms. The topological polar surface area (TPSA) is 55.4 Å². The van der Waals surface area contributed by atoms with Crippen LogP contribution in [0.4, 0.5) is 0 Å². The first-order valence-electron chi connectivity index (χ1n) is 4.93. The monoisotopic (exact) mass is 207 g/mol. The van der Waals surface area contributed by atoms with E-state index in [0.717, 1.165) is 11.1 Å². The molecule has 0 aliphatic carbocycles. The molecule has 4 heteroatoms. The molecule has 2 rings (SSSR count). The van der Waals surface area contributed by atoms with Gasteiger partial charge in [0, 0.05) is 13.2 Å². The number of hydrogen-bond donors (Lipinski definition) is 1. The molecular weight excluding hydrogens is 194 g/mol. The van der Waals surface area contributed by atoms with Crippen LogP contribution < -0.4 is 5.76 Å². The van der Waals surface area contributed by atoms with Crippen molar-refractivity contribution >= 4 is 11.1 Å². The summed E-state index contributed by atoms with van der Waals surface area (Å²) in [7, 11) is 0. The van der Waals surface area contributed by atoms with Gasteiger partial charge in [-0.05, 0) is 31.0 Å². The molecule has 0 bridgehead atoms. The number of aromatic nitrogens is 1. The molecule has 15 heavy (non-hydrogen) atoms. The van der Waals surface area contributed by atoms with Gasteiger partial charge < -0.3 is 9.52 Å². The van der Waals surface area contributed by atoms with Crippen molar-refractivity contribution in [1.82, 2.24) is 4.57 Å². The molecule has 0 aliphatic rings. The van der Waals surface area contributed by atoms with Crippen LogP contribution in [0.15, 0.2) is 27.4 Å². The van der Waals surface area contributed by atoms with E-state index in [9.17, 15) is 4.79 Å². The molecule has 1 heterocycles. The Morgan fingerprint density at radius 2 is 2.27 bits per heavy atom. The fourth-order valence-electron chi connectivity index (χ4n) is 1.61. The lowest BCUT2D eigenvalue weighted by molar-refractivity contribution is 0.278. The summed E-state index contributed by atoms with van der Waals surface area (Å²) >= 11 is 0. The Labute approximate surface area is 86.8 Å². The van der Waals surface area contributed by atoms with Gasteiger partial charge in [0.1, 0.15) is 0 Å². The highest BCUT2D eigenvalue weighted by atomic mass is 16.4. The van der Waals surface area contributed by atoms with Crippen molar-refractivity contribution in [2.75, 3.05) is 6.61 Å². The molecule has 0 amide bonds. The predicted molar refractivity (Wildman–Crippen MR) is 56.9 cm³/mol. The van der Waals surface area contributed by atoms with E-state index in [1.165, 1.54) is 0 Å². The van der Waals surface area contributed by atoms with Crippen molar-refractivity contribution in [3.8, 4) is 0 Å². The van der Waals surface area contributed by atoms with Gasteiger partial charge in [-0.2, -0.15) is 0 Å². The number of nitrogens with zero attached hydrogens (tertiary/aromatic N) is 1. The van der Waals surface area contributed by atoms with E-state index in [1.54, 1.807) is 4.57 Å². The van der Waals surface area contributed by atoms with Crippen molar-refractivity contribution in [1.29, 1.82) is 0 Å². The second-order valence-corrected chi connectivity index (χ2v) is 3.57. The average molecular weight is 207 g/mol. The first-order valence-corrected chi connectivity index (χ1v) is 4.93. The molecule has 2 aromatic rings. The summed E-state index contributed by atoms with van der Waals surface area (Å²) in [6.07, 6.45) is 0.558. The van der Waals surface area contributed by atoms with E-state index in [2.05, 4.69) is 0 Å². The number of aliphatic hydroxyl groups is 1. The van der Waals surface area contributed by atoms with Gasteiger partial charge in [0.05, 0.1) is 5.52 Å². The molecule has 0 unspecified atom stereocenters. The third-order valence-corrected chi connectivity index (χ3v) is 2.36. The highest BCUT2D eigenvalue weighted by Crippen LogP contribution is 2.14. The van der Waals surface area contributed by atoms with Crippen LogP contribution in [0.2, 0.25) is 0 Å². The molecule has 1 aromatic carbocycles. The summed E-state index contributed by atoms with van der Waals surface area (Å²) in [5, 5.41) is 8.73. The molecule has 4 nitrogen and oxygen atoms in total. The minimum Gasteiger partial charge on any atom is -0.408 e. The summed E-state index contributed by atoms with van der Waals surface area (Å²) in [5.74, 6) is -0.357. The fourth-order valence-corrected chi connectivity index (χ4v) is 1.61. The van der Waals surface area contributed by atoms with E-state index in [-0.39, 0.29) is 12.4 Å². The molecule has 0 fully saturated rings. The standard InChI is InChI=1S/C11H13NO3/c1-8-3-4-9-10(7-8)15-11(14)12(9)5-2-6-13/h3-4,7,13H,2,5-6H2,1H3. The molecule has 1 aromatic heterocycles. The number of rotatable bonds is 3. The van der Waals surface area contributed by atoms with Crippen LogP contribution >= 0.6 is 0 Å². The van der Waals surface area contributed by atoms with Crippen LogP contribution in [0, 0.1) is 6.92 Å². The molecular formula is C11H13NO3. The van der Waals surface area contributed by atoms with Gasteiger partial charge in [-0.15, -0.1) is 0 Å². The van der Waals surface area contributed by atoms with Crippen LogP contribution in [0.1, 0.15) is 12.0 Å². The Morgan fingerprint density at radius 3 is 3.00 bits per heavy atom. The van der Waals surface area contributed by atoms with E-state index in [1.807, 2.05) is 25.1 Å². The smallest absolute Gasteiger partial charge is 0.408 e. The lowest BCUT2D eigenvalue weighted by Crippen LogP contribution is -2.14. The van der Waals surface area contributed by atoms with Crippen molar-refractivity contribution < 1.29 is 9.52 Å². The summed E-state index contributed by atoms with van der Waals surface area (Å²) in [6, 6.07) is 5.64. The van der Waals surface area contributed by atoms with Crippen LogP contribution in [0.25, 0.3) is 11.1 Å². The Bertz CT molecular complexity index is 524. The van der Waals surface area contributed by atoms with Crippen LogP contribution in [-0.2, 0) is 6.54 Å². The highest BCUT2D eigenvalue weighted by molar-refractivity contribution is 5.73. The number of aryl methyl sites for hydroxylation is 2. The quantitative estimate of drug-likeness (QED) is 0.825. The second kappa shape index (κ2) is 3.90. The van der Waals surface area contributed by atoms with Gasteiger partial charge in [0.2, 0.25) is 0 Å². The van der Waals surface area contributed by atoms with Crippen molar-refractivity contribution in [3.63, 3.8) is 0 Å². The normalized spacial score (nSPS) is 11.1. The maximum Gasteiger partial charge on any atom is 0.419 e. The van der Waals surface area contributed by atoms with Crippen LogP contribution in [0.3, 0.4) is 0 Å². The Morgan fingerprint density at radius 1 is 1.47 bits per heavy atom. The molecule has 80 valence electrons. The van der Waals surface area contributed by atoms with Crippen LogP contribution in [0.5, 0.6) is 0 Å². The van der Waals surface area contributed by atoms with Gasteiger partial charge in [-0.25, -0.2) is 4.79 Å². The average Bonchev–Trinajstić information content (AvgIpc) is 2.50. The lowest BCUT2D eigenvalue weighted by atomic mass is 10.2. The zero-order valence-corrected chi connectivity index (χ0v) is 8.56. The first-order chi connectivity index (χ1) is 7.22. The van der Waals surface area contributed by atoms with E-state index in [4.69, 9.17) is 9.52 Å². The zero-order valence-electron chi connectivity index (χ0n) is 8.56. The minimum atomic E-state index is -0.357. The van der Waals surface area contributed by atoms with E-state index < -0.39 is 0 Å². The number of aliphatic hydroxyl groups excluding tert-OH is 1. The number of oxazole rings is 1. The third-order valence-electron chi connectivity index (χ3n) is 2.36. The first kappa shape index (κ1) is 9.98. The Balaban J connectivity index is 2.53. The summed E-state index contributed by atoms with van der Waals surface area (Å²) in [5.41, 5.74) is 2.46. The molecule has 0 aliphatic heterocycles. The maximum absolute atomic E-state index is 11.5. The number of fused-ring (bicyclic) bond motifs is 1. The Kier molecular flexibility index (Phi) is 2.60. The fraction of sp³-hybridized carbons (Fsp3) is 0.364. The molecule has 0 atom stereocenters. The van der Waals surface area contributed by atoms with Gasteiger partial charge in [-0.3, -0.25) is 4.57 Å². The molecule has 0 saturated heterocycles. The van der Waals surface area contributed by atoms with Crippen molar-refractivity contribution in [3.05, 3.63) is 34.3 Å². The molecule has 1 N–H and O–H groups in total. The number of hydrogen-bond acceptors (Lipinski definition) is 3. The second-order valence-electron chi connectivity index (χ2n) is 3.57. The summed E-state index contributed by atoms with van der Waals surface area (Å²) in [4.78, 5) is 11.5. The van der Waals surface area contributed by atoms with Gasteiger partial charge in [0.25, 0.3) is 0 Å². The van der Waals surface area contributed by atoms with Crippen molar-refractivity contribution in [2.45, 2.75) is 19.9 Å². The van der Waals surface area contributed by atoms with Gasteiger partial charge in [0.15, 0.2) is 5.58 Å². The largest absolute Gasteiger partial charge is 0.419 e. The Hall–Kier alpha value is -1.55. The third kappa shape index (κ3) is 1.80. The predicted octanol–water partition coefficient (Wildman–Crippen LogP) is 1.29. The van der Waals surface area contributed by atoms with Gasteiger partial charge >= 0.3 is 5.76 Å². The molecule has 0 saturated carbocycles. The van der Waals surface area contributed by atoms with Crippen molar-refractivity contribution in [2.24, 2.45) is 0 Å². The molecule has 0 radical (unpaired) electrons. The SMILES string of the molecule is Cc1ccc2c(c1)oc(=O)n2CCCO. The summed E-state index contributed by atoms with van der Waals surface area (Å²) in [6.45, 7) is 2.51. The zero-order chi connectivity index (χ0) is 10.8. The summed E-state index contributed by atoms with van der Waals surface area (Å²) < 4.78 is 6.65.